The second-order valence-corrected chi connectivity index (χ2v) is 8.84. The Hall–Kier alpha value is -4.02. The number of azo groups is 1. The van der Waals surface area contributed by atoms with E-state index in [1.165, 1.54) is 32.4 Å². The average Bonchev–Trinajstić information content (AvgIpc) is 3.27. The highest BCUT2D eigenvalue weighted by Crippen LogP contribution is 2.35. The molecule has 12 nitrogen and oxygen atoms in total. The van der Waals surface area contributed by atoms with E-state index in [0.29, 0.717) is 17.0 Å². The van der Waals surface area contributed by atoms with Crippen LogP contribution < -0.4 is 4.90 Å². The topological polar surface area (TPSA) is 164 Å². The number of phenolic OH excluding ortho intramolecular Hbond substituents is 1. The fraction of sp³-hybridized carbons (Fsp3) is 0.375. The van der Waals surface area contributed by atoms with Gasteiger partial charge in [-0.25, -0.2) is 9.78 Å². The Labute approximate surface area is 228 Å². The van der Waals surface area contributed by atoms with Crippen molar-refractivity contribution >= 4 is 63.4 Å². The molecule has 0 radical (unpaired) electrons. The minimum absolute atomic E-state index is 0.0198. The summed E-state index contributed by atoms with van der Waals surface area (Å²) in [7, 11) is 2.57. The standard InChI is InChI=1S/C24H26ClN5O7S/c1-4-11-37-23(34)15(14-26)12-19-22(25)27-24(38-19)29-28-17-6-5-16(13-18(17)31)30(9-7-20(32)35-2)10-8-21(33)36-3/h5-6,12-13,31H,4,7-11H2,1-3H3. The van der Waals surface area contributed by atoms with Crippen LogP contribution in [0.1, 0.15) is 31.1 Å². The van der Waals surface area contributed by atoms with Gasteiger partial charge in [-0.1, -0.05) is 29.9 Å². The molecule has 0 aliphatic heterocycles. The second-order valence-electron chi connectivity index (χ2n) is 7.47. The lowest BCUT2D eigenvalue weighted by Crippen LogP contribution is -2.29. The van der Waals surface area contributed by atoms with Crippen LogP contribution in [0.25, 0.3) is 6.08 Å². The smallest absolute Gasteiger partial charge is 0.348 e. The van der Waals surface area contributed by atoms with E-state index in [0.717, 1.165) is 11.3 Å². The van der Waals surface area contributed by atoms with Gasteiger partial charge in [0.2, 0.25) is 5.13 Å². The number of hydrogen-bond donors (Lipinski definition) is 1. The minimum Gasteiger partial charge on any atom is -0.506 e. The maximum absolute atomic E-state index is 12.0. The van der Waals surface area contributed by atoms with Crippen LogP contribution in [0, 0.1) is 11.3 Å². The molecule has 0 fully saturated rings. The number of thiazole rings is 1. The molecule has 0 unspecified atom stereocenters. The van der Waals surface area contributed by atoms with Gasteiger partial charge >= 0.3 is 17.9 Å². The molecule has 0 aliphatic carbocycles. The van der Waals surface area contributed by atoms with Gasteiger partial charge in [0.15, 0.2) is 0 Å². The number of carbonyl (C=O) groups excluding carboxylic acids is 3. The summed E-state index contributed by atoms with van der Waals surface area (Å²) in [5.74, 6) is -1.81. The number of aromatic hydroxyl groups is 1. The molecule has 38 heavy (non-hydrogen) atoms. The van der Waals surface area contributed by atoms with Crippen molar-refractivity contribution in [2.45, 2.75) is 26.2 Å². The highest BCUT2D eigenvalue weighted by atomic mass is 35.5. The van der Waals surface area contributed by atoms with Crippen molar-refractivity contribution in [2.24, 2.45) is 10.2 Å². The Morgan fingerprint density at radius 3 is 2.39 bits per heavy atom. The van der Waals surface area contributed by atoms with Gasteiger partial charge in [-0.3, -0.25) is 9.59 Å². The molecular formula is C24H26ClN5O7S. The van der Waals surface area contributed by atoms with Crippen molar-refractivity contribution < 1.29 is 33.7 Å². The van der Waals surface area contributed by atoms with Crippen molar-refractivity contribution in [1.29, 1.82) is 5.26 Å². The Morgan fingerprint density at radius 1 is 1.18 bits per heavy atom. The van der Waals surface area contributed by atoms with Gasteiger partial charge in [0.25, 0.3) is 0 Å². The molecule has 0 saturated heterocycles. The van der Waals surface area contributed by atoms with Crippen LogP contribution in [-0.2, 0) is 28.6 Å². The maximum Gasteiger partial charge on any atom is 0.348 e. The molecule has 1 aromatic heterocycles. The highest BCUT2D eigenvalue weighted by molar-refractivity contribution is 7.16. The number of rotatable bonds is 13. The Kier molecular flexibility index (Phi) is 12.1. The molecule has 1 N–H and O–H groups in total. The number of phenols is 1. The van der Waals surface area contributed by atoms with Crippen LogP contribution in [0.15, 0.2) is 34.0 Å². The monoisotopic (exact) mass is 563 g/mol. The zero-order chi connectivity index (χ0) is 28.1. The van der Waals surface area contributed by atoms with Crippen LogP contribution in [0.5, 0.6) is 5.75 Å². The highest BCUT2D eigenvalue weighted by Gasteiger charge is 2.16. The summed E-state index contributed by atoms with van der Waals surface area (Å²) in [5.41, 5.74) is 0.432. The third-order valence-corrected chi connectivity index (χ3v) is 6.13. The van der Waals surface area contributed by atoms with E-state index in [4.69, 9.17) is 16.3 Å². The van der Waals surface area contributed by atoms with Crippen molar-refractivity contribution in [1.82, 2.24) is 4.98 Å². The molecule has 1 aromatic carbocycles. The summed E-state index contributed by atoms with van der Waals surface area (Å²) in [6, 6.07) is 6.35. The average molecular weight is 564 g/mol. The molecule has 0 bridgehead atoms. The quantitative estimate of drug-likeness (QED) is 0.119. The van der Waals surface area contributed by atoms with Crippen molar-refractivity contribution in [2.75, 3.05) is 38.8 Å². The van der Waals surface area contributed by atoms with Crippen LogP contribution in [0.2, 0.25) is 5.15 Å². The summed E-state index contributed by atoms with van der Waals surface area (Å²) in [4.78, 5) is 41.2. The number of halogens is 1. The zero-order valence-electron chi connectivity index (χ0n) is 21.0. The molecule has 14 heteroatoms. The van der Waals surface area contributed by atoms with E-state index >= 15 is 0 Å². The van der Waals surface area contributed by atoms with Gasteiger partial charge < -0.3 is 24.2 Å². The first-order valence-electron chi connectivity index (χ1n) is 11.3. The first kappa shape index (κ1) is 30.2. The third kappa shape index (κ3) is 9.13. The lowest BCUT2D eigenvalue weighted by atomic mass is 10.2. The Balaban J connectivity index is 2.21. The second kappa shape index (κ2) is 15.3. The van der Waals surface area contributed by atoms with Crippen LogP contribution in [0.4, 0.5) is 16.5 Å². The molecule has 0 aliphatic rings. The van der Waals surface area contributed by atoms with Crippen molar-refractivity contribution in [3.8, 4) is 11.8 Å². The number of nitrogens with zero attached hydrogens (tertiary/aromatic N) is 5. The number of methoxy groups -OCH3 is 2. The van der Waals surface area contributed by atoms with E-state index < -0.39 is 17.9 Å². The molecular weight excluding hydrogens is 538 g/mol. The molecule has 0 spiro atoms. The van der Waals surface area contributed by atoms with E-state index in [1.54, 1.807) is 17.0 Å². The Morgan fingerprint density at radius 2 is 1.84 bits per heavy atom. The number of aromatic nitrogens is 1. The van der Waals surface area contributed by atoms with Gasteiger partial charge in [0, 0.05) is 24.8 Å². The van der Waals surface area contributed by atoms with E-state index in [1.807, 2.05) is 6.92 Å². The number of carbonyl (C=O) groups is 3. The summed E-state index contributed by atoms with van der Waals surface area (Å²) < 4.78 is 14.3. The van der Waals surface area contributed by atoms with Gasteiger partial charge in [-0.05, 0) is 24.6 Å². The minimum atomic E-state index is -0.765. The summed E-state index contributed by atoms with van der Waals surface area (Å²) >= 11 is 7.10. The van der Waals surface area contributed by atoms with Gasteiger partial charge in [0.1, 0.15) is 28.2 Å². The van der Waals surface area contributed by atoms with Crippen LogP contribution >= 0.6 is 22.9 Å². The van der Waals surface area contributed by atoms with Crippen LogP contribution in [-0.4, -0.2) is 61.9 Å². The van der Waals surface area contributed by atoms with E-state index in [2.05, 4.69) is 24.7 Å². The summed E-state index contributed by atoms with van der Waals surface area (Å²) in [6.07, 6.45) is 2.03. The van der Waals surface area contributed by atoms with E-state index in [9.17, 15) is 24.8 Å². The predicted octanol–water partition coefficient (Wildman–Crippen LogP) is 4.71. The fourth-order valence-corrected chi connectivity index (χ4v) is 3.91. The van der Waals surface area contributed by atoms with Gasteiger partial charge in [-0.15, -0.1) is 10.2 Å². The first-order valence-corrected chi connectivity index (χ1v) is 12.5. The molecule has 202 valence electrons. The van der Waals surface area contributed by atoms with Gasteiger partial charge in [0.05, 0.1) is 38.5 Å². The lowest BCUT2D eigenvalue weighted by molar-refractivity contribution is -0.140. The molecule has 0 amide bonds. The zero-order valence-corrected chi connectivity index (χ0v) is 22.5. The summed E-state index contributed by atoms with van der Waals surface area (Å²) in [6.45, 7) is 2.51. The largest absolute Gasteiger partial charge is 0.506 e. The molecule has 1 heterocycles. The van der Waals surface area contributed by atoms with Crippen LogP contribution in [0.3, 0.4) is 0 Å². The van der Waals surface area contributed by atoms with E-state index in [-0.39, 0.29) is 59.8 Å². The van der Waals surface area contributed by atoms with Crippen molar-refractivity contribution in [3.63, 3.8) is 0 Å². The third-order valence-electron chi connectivity index (χ3n) is 4.85. The number of hydrogen-bond acceptors (Lipinski definition) is 13. The normalized spacial score (nSPS) is 11.2. The number of benzene rings is 1. The molecule has 0 atom stereocenters. The summed E-state index contributed by atoms with van der Waals surface area (Å²) in [5, 5.41) is 27.9. The Bertz CT molecular complexity index is 1240. The van der Waals surface area contributed by atoms with Crippen molar-refractivity contribution in [3.05, 3.63) is 33.8 Å². The number of anilines is 1. The fourth-order valence-electron chi connectivity index (χ4n) is 2.89. The lowest BCUT2D eigenvalue weighted by Gasteiger charge is -2.24. The maximum atomic E-state index is 12.0. The number of esters is 3. The molecule has 2 aromatic rings. The number of nitriles is 1. The predicted molar refractivity (Wildman–Crippen MR) is 140 cm³/mol. The van der Waals surface area contributed by atoms with Gasteiger partial charge in [-0.2, -0.15) is 5.26 Å². The number of ether oxygens (including phenoxy) is 3. The molecule has 0 saturated carbocycles. The SMILES string of the molecule is CCCOC(=O)C(C#N)=Cc1sc(N=Nc2ccc(N(CCC(=O)OC)CCC(=O)OC)cc2O)nc1Cl. The molecule has 2 rings (SSSR count). The first-order chi connectivity index (χ1) is 18.2.